The van der Waals surface area contributed by atoms with Gasteiger partial charge in [0.05, 0.1) is 6.54 Å². The molecule has 0 unspecified atom stereocenters. The molecule has 0 spiro atoms. The molecule has 0 fully saturated rings. The molecule has 0 radical (unpaired) electrons. The number of benzene rings is 2. The number of aromatic amines is 1. The van der Waals surface area contributed by atoms with E-state index in [1.54, 1.807) is 19.2 Å². The topological polar surface area (TPSA) is 114 Å². The molecule has 3 aromatic rings. The van der Waals surface area contributed by atoms with Crippen LogP contribution in [0.5, 0.6) is 0 Å². The van der Waals surface area contributed by atoms with Crippen molar-refractivity contribution in [3.8, 4) is 0 Å². The van der Waals surface area contributed by atoms with E-state index in [0.29, 0.717) is 18.6 Å². The van der Waals surface area contributed by atoms with Gasteiger partial charge in [-0.3, -0.25) is 24.0 Å². The number of anilines is 2. The lowest BCUT2D eigenvalue weighted by Crippen LogP contribution is -2.42. The minimum Gasteiger partial charge on any atom is -0.385 e. The van der Waals surface area contributed by atoms with E-state index in [1.165, 1.54) is 9.47 Å². The van der Waals surface area contributed by atoms with E-state index in [1.807, 2.05) is 42.5 Å². The first kappa shape index (κ1) is 26.9. The number of aromatic nitrogens is 2. The quantitative estimate of drug-likeness (QED) is 0.375. The van der Waals surface area contributed by atoms with Gasteiger partial charge in [-0.15, -0.1) is 0 Å². The average molecular weight is 494 g/mol. The fraction of sp³-hybridized carbons (Fsp3) is 0.370. The fourth-order valence-corrected chi connectivity index (χ4v) is 4.06. The summed E-state index contributed by atoms with van der Waals surface area (Å²) in [6.07, 6.45) is 0.485. The number of rotatable bonds is 12. The molecule has 2 aromatic carbocycles. The minimum absolute atomic E-state index is 0.0427. The van der Waals surface area contributed by atoms with Crippen molar-refractivity contribution in [1.82, 2.24) is 14.5 Å². The van der Waals surface area contributed by atoms with Crippen molar-refractivity contribution in [3.05, 3.63) is 92.1 Å². The van der Waals surface area contributed by atoms with Crippen molar-refractivity contribution in [2.24, 2.45) is 0 Å². The lowest BCUT2D eigenvalue weighted by atomic mass is 10.1. The monoisotopic (exact) mass is 493 g/mol. The standard InChI is InChI=1S/C27H35N5O4/c1-4-30(5-2)18-21-12-14-22(15-13-21)26(34)31(16-9-17-36-3)23-24(28)32(27(35)29-25(23)33)19-20-10-7-6-8-11-20/h6-8,10-15H,4-5,9,16-19,28H2,1-3H3,(H,29,33,35). The Kier molecular flexibility index (Phi) is 9.61. The molecule has 0 aliphatic heterocycles. The molecule has 0 aliphatic carbocycles. The third kappa shape index (κ3) is 6.50. The van der Waals surface area contributed by atoms with Gasteiger partial charge in [0.1, 0.15) is 5.82 Å². The number of hydrogen-bond donors (Lipinski definition) is 2. The Morgan fingerprint density at radius 1 is 1.00 bits per heavy atom. The predicted octanol–water partition coefficient (Wildman–Crippen LogP) is 2.69. The number of H-pyrrole nitrogens is 1. The second kappa shape index (κ2) is 12.9. The maximum atomic E-state index is 13.6. The van der Waals surface area contributed by atoms with Gasteiger partial charge in [0, 0.05) is 32.4 Å². The average Bonchev–Trinajstić information content (AvgIpc) is 2.89. The van der Waals surface area contributed by atoms with Crippen LogP contribution in [0.3, 0.4) is 0 Å². The molecule has 36 heavy (non-hydrogen) atoms. The van der Waals surface area contributed by atoms with Crippen LogP contribution < -0.4 is 21.9 Å². The van der Waals surface area contributed by atoms with Gasteiger partial charge in [-0.25, -0.2) is 4.79 Å². The summed E-state index contributed by atoms with van der Waals surface area (Å²) in [5, 5.41) is 0. The van der Waals surface area contributed by atoms with Gasteiger partial charge in [0.15, 0.2) is 5.69 Å². The van der Waals surface area contributed by atoms with E-state index < -0.39 is 11.2 Å². The number of ether oxygens (including phenoxy) is 1. The first-order valence-corrected chi connectivity index (χ1v) is 12.2. The molecule has 0 atom stereocenters. The molecule has 192 valence electrons. The molecule has 1 aromatic heterocycles. The van der Waals surface area contributed by atoms with Gasteiger partial charge in [-0.2, -0.15) is 0 Å². The van der Waals surface area contributed by atoms with E-state index in [-0.39, 0.29) is 30.5 Å². The van der Waals surface area contributed by atoms with Crippen LogP contribution in [0.15, 0.2) is 64.2 Å². The molecule has 3 rings (SSSR count). The maximum Gasteiger partial charge on any atom is 0.330 e. The second-order valence-corrected chi connectivity index (χ2v) is 8.53. The normalized spacial score (nSPS) is 11.1. The van der Waals surface area contributed by atoms with Gasteiger partial charge < -0.3 is 15.4 Å². The number of nitrogen functional groups attached to an aromatic ring is 1. The number of nitrogens with two attached hydrogens (primary N) is 1. The highest BCUT2D eigenvalue weighted by Gasteiger charge is 2.25. The highest BCUT2D eigenvalue weighted by Crippen LogP contribution is 2.21. The Morgan fingerprint density at radius 2 is 1.67 bits per heavy atom. The van der Waals surface area contributed by atoms with Gasteiger partial charge >= 0.3 is 5.69 Å². The molecule has 0 aliphatic rings. The summed E-state index contributed by atoms with van der Waals surface area (Å²) in [4.78, 5) is 45.1. The predicted molar refractivity (Wildman–Crippen MR) is 143 cm³/mol. The first-order chi connectivity index (χ1) is 17.4. The molecule has 0 bridgehead atoms. The number of methoxy groups -OCH3 is 1. The van der Waals surface area contributed by atoms with Crippen LogP contribution in [-0.2, 0) is 17.8 Å². The summed E-state index contributed by atoms with van der Waals surface area (Å²) in [5.74, 6) is -0.431. The highest BCUT2D eigenvalue weighted by molar-refractivity contribution is 6.07. The van der Waals surface area contributed by atoms with Crippen LogP contribution in [0.25, 0.3) is 0 Å². The summed E-state index contributed by atoms with van der Waals surface area (Å²) in [7, 11) is 1.57. The van der Waals surface area contributed by atoms with Gasteiger partial charge in [0.2, 0.25) is 0 Å². The summed E-state index contributed by atoms with van der Waals surface area (Å²) < 4.78 is 6.43. The first-order valence-electron chi connectivity index (χ1n) is 12.2. The highest BCUT2D eigenvalue weighted by atomic mass is 16.5. The number of carbonyl (C=O) groups excluding carboxylic acids is 1. The summed E-state index contributed by atoms with van der Waals surface area (Å²) in [6.45, 7) is 7.64. The molecule has 9 nitrogen and oxygen atoms in total. The SMILES string of the molecule is CCN(CC)Cc1ccc(C(=O)N(CCCOC)c2c(N)n(Cc3ccccc3)c(=O)[nH]c2=O)cc1. The summed E-state index contributed by atoms with van der Waals surface area (Å²) in [5.41, 5.74) is 7.36. The van der Waals surface area contributed by atoms with Gasteiger partial charge in [-0.05, 0) is 42.8 Å². The van der Waals surface area contributed by atoms with Crippen LogP contribution in [0.2, 0.25) is 0 Å². The molecule has 3 N–H and O–H groups in total. The number of carbonyl (C=O) groups is 1. The molecule has 0 saturated heterocycles. The van der Waals surface area contributed by atoms with Crippen LogP contribution >= 0.6 is 0 Å². The van der Waals surface area contributed by atoms with E-state index in [9.17, 15) is 14.4 Å². The lowest BCUT2D eigenvalue weighted by molar-refractivity contribution is 0.0983. The third-order valence-electron chi connectivity index (χ3n) is 6.14. The zero-order valence-electron chi connectivity index (χ0n) is 21.2. The Morgan fingerprint density at radius 3 is 2.28 bits per heavy atom. The van der Waals surface area contributed by atoms with Crippen LogP contribution in [0, 0.1) is 0 Å². The Hall–Kier alpha value is -3.69. The largest absolute Gasteiger partial charge is 0.385 e. The number of nitrogens with zero attached hydrogens (tertiary/aromatic N) is 3. The summed E-state index contributed by atoms with van der Waals surface area (Å²) >= 11 is 0. The van der Waals surface area contributed by atoms with Crippen molar-refractivity contribution in [2.45, 2.75) is 33.4 Å². The minimum atomic E-state index is -0.703. The molecule has 1 amide bonds. The summed E-state index contributed by atoms with van der Waals surface area (Å²) in [6, 6.07) is 16.7. The lowest BCUT2D eigenvalue weighted by Gasteiger charge is -2.25. The van der Waals surface area contributed by atoms with E-state index in [0.717, 1.165) is 30.8 Å². The van der Waals surface area contributed by atoms with Crippen molar-refractivity contribution in [2.75, 3.05) is 44.0 Å². The van der Waals surface area contributed by atoms with E-state index >= 15 is 0 Å². The van der Waals surface area contributed by atoms with Crippen molar-refractivity contribution in [3.63, 3.8) is 0 Å². The van der Waals surface area contributed by atoms with Gasteiger partial charge in [0.25, 0.3) is 11.5 Å². The zero-order valence-corrected chi connectivity index (χ0v) is 21.2. The van der Waals surface area contributed by atoms with Crippen molar-refractivity contribution >= 4 is 17.4 Å². The number of nitrogens with one attached hydrogen (secondary N) is 1. The van der Waals surface area contributed by atoms with Crippen molar-refractivity contribution < 1.29 is 9.53 Å². The molecular weight excluding hydrogens is 458 g/mol. The smallest absolute Gasteiger partial charge is 0.330 e. The number of hydrogen-bond acceptors (Lipinski definition) is 6. The van der Waals surface area contributed by atoms with Crippen LogP contribution in [-0.4, -0.2) is 53.7 Å². The number of amides is 1. The molecule has 1 heterocycles. The molecule has 9 heteroatoms. The maximum absolute atomic E-state index is 13.6. The van der Waals surface area contributed by atoms with Crippen LogP contribution in [0.1, 0.15) is 41.8 Å². The zero-order chi connectivity index (χ0) is 26.1. The van der Waals surface area contributed by atoms with Crippen molar-refractivity contribution in [1.29, 1.82) is 0 Å². The fourth-order valence-electron chi connectivity index (χ4n) is 4.06. The molecule has 0 saturated carbocycles. The Balaban J connectivity index is 1.98. The van der Waals surface area contributed by atoms with E-state index in [2.05, 4.69) is 23.7 Å². The third-order valence-corrected chi connectivity index (χ3v) is 6.14. The van der Waals surface area contributed by atoms with Crippen LogP contribution in [0.4, 0.5) is 11.5 Å². The molecular formula is C27H35N5O4. The second-order valence-electron chi connectivity index (χ2n) is 8.53. The Labute approximate surface area is 211 Å². The Bertz CT molecular complexity index is 1250. The van der Waals surface area contributed by atoms with E-state index in [4.69, 9.17) is 10.5 Å². The van der Waals surface area contributed by atoms with Gasteiger partial charge in [-0.1, -0.05) is 56.3 Å².